The van der Waals surface area contributed by atoms with Crippen molar-refractivity contribution in [3.8, 4) is 5.75 Å². The van der Waals surface area contributed by atoms with Crippen molar-refractivity contribution in [3.63, 3.8) is 0 Å². The van der Waals surface area contributed by atoms with Crippen LogP contribution >= 0.6 is 0 Å². The number of hydrogen-bond donors (Lipinski definition) is 2. The van der Waals surface area contributed by atoms with E-state index in [0.717, 1.165) is 25.0 Å². The minimum atomic E-state index is -0.645. The van der Waals surface area contributed by atoms with Crippen LogP contribution in [0.3, 0.4) is 0 Å². The van der Waals surface area contributed by atoms with E-state index in [9.17, 15) is 20.0 Å². The maximum absolute atomic E-state index is 12.2. The summed E-state index contributed by atoms with van der Waals surface area (Å²) in [5, 5.41) is 23.1. The summed E-state index contributed by atoms with van der Waals surface area (Å²) >= 11 is 0. The monoisotopic (exact) mass is 280 g/mol. The highest BCUT2D eigenvalue weighted by Gasteiger charge is 2.31. The Morgan fingerprint density at radius 2 is 2.30 bits per heavy atom. The molecule has 1 fully saturated rings. The Morgan fingerprint density at radius 1 is 1.55 bits per heavy atom. The van der Waals surface area contributed by atoms with E-state index in [-0.39, 0.29) is 17.0 Å². The van der Waals surface area contributed by atoms with Crippen LogP contribution in [-0.2, 0) is 4.74 Å². The average Bonchev–Trinajstić information content (AvgIpc) is 2.38. The first-order valence-corrected chi connectivity index (χ1v) is 6.29. The molecule has 1 aliphatic rings. The molecule has 1 amide bonds. The van der Waals surface area contributed by atoms with Crippen LogP contribution in [0.25, 0.3) is 0 Å². The summed E-state index contributed by atoms with van der Waals surface area (Å²) in [6.45, 7) is 2.85. The largest absolute Gasteiger partial charge is 0.508 e. The predicted octanol–water partition coefficient (Wildman–Crippen LogP) is 1.60. The number of phenols is 1. The van der Waals surface area contributed by atoms with Crippen LogP contribution in [0.15, 0.2) is 18.2 Å². The molecule has 0 saturated carbocycles. The minimum Gasteiger partial charge on any atom is -0.508 e. The zero-order chi connectivity index (χ0) is 14.8. The fraction of sp³-hybridized carbons (Fsp3) is 0.462. The second kappa shape index (κ2) is 5.46. The van der Waals surface area contributed by atoms with Gasteiger partial charge in [-0.05, 0) is 31.9 Å². The number of nitrogens with zero attached hydrogens (tertiary/aromatic N) is 1. The molecule has 2 N–H and O–H groups in total. The standard InChI is InChI=1S/C13H16N2O5/c1-13(5-2-6-20-8-13)14-12(17)10-7-9(16)3-4-11(10)15(18)19/h3-4,7,16H,2,5-6,8H2,1H3,(H,14,17). The number of hydrogen-bond acceptors (Lipinski definition) is 5. The van der Waals surface area contributed by atoms with E-state index >= 15 is 0 Å². The number of amides is 1. The first kappa shape index (κ1) is 14.3. The number of ether oxygens (including phenoxy) is 1. The molecule has 1 saturated heterocycles. The van der Waals surface area contributed by atoms with Gasteiger partial charge in [0.15, 0.2) is 0 Å². The van der Waals surface area contributed by atoms with E-state index in [4.69, 9.17) is 4.74 Å². The van der Waals surface area contributed by atoms with Crippen LogP contribution in [0.1, 0.15) is 30.1 Å². The van der Waals surface area contributed by atoms with Gasteiger partial charge in [-0.1, -0.05) is 0 Å². The number of nitro groups is 1. The molecular formula is C13H16N2O5. The molecule has 1 aromatic rings. The molecule has 0 spiro atoms. The summed E-state index contributed by atoms with van der Waals surface area (Å²) in [7, 11) is 0. The van der Waals surface area contributed by atoms with Crippen LogP contribution in [-0.4, -0.2) is 34.7 Å². The third-order valence-corrected chi connectivity index (χ3v) is 3.27. The lowest BCUT2D eigenvalue weighted by atomic mass is 9.94. The van der Waals surface area contributed by atoms with Crippen LogP contribution in [0.2, 0.25) is 0 Å². The van der Waals surface area contributed by atoms with E-state index in [1.807, 2.05) is 6.92 Å². The van der Waals surface area contributed by atoms with Gasteiger partial charge in [-0.3, -0.25) is 14.9 Å². The van der Waals surface area contributed by atoms with Gasteiger partial charge < -0.3 is 15.2 Å². The molecule has 0 radical (unpaired) electrons. The smallest absolute Gasteiger partial charge is 0.282 e. The van der Waals surface area contributed by atoms with Gasteiger partial charge in [0, 0.05) is 12.7 Å². The lowest BCUT2D eigenvalue weighted by molar-refractivity contribution is -0.385. The molecule has 20 heavy (non-hydrogen) atoms. The van der Waals surface area contributed by atoms with E-state index in [2.05, 4.69) is 5.32 Å². The van der Waals surface area contributed by atoms with Gasteiger partial charge in [0.25, 0.3) is 11.6 Å². The summed E-state index contributed by atoms with van der Waals surface area (Å²) in [5.74, 6) is -0.772. The van der Waals surface area contributed by atoms with Crippen LogP contribution in [0.5, 0.6) is 5.75 Å². The van der Waals surface area contributed by atoms with Gasteiger partial charge in [-0.25, -0.2) is 0 Å². The van der Waals surface area contributed by atoms with Crippen molar-refractivity contribution in [3.05, 3.63) is 33.9 Å². The van der Waals surface area contributed by atoms with E-state index in [0.29, 0.717) is 13.2 Å². The van der Waals surface area contributed by atoms with Gasteiger partial charge in [0.05, 0.1) is 17.1 Å². The highest BCUT2D eigenvalue weighted by atomic mass is 16.6. The Kier molecular flexibility index (Phi) is 3.89. The van der Waals surface area contributed by atoms with E-state index < -0.39 is 16.4 Å². The summed E-state index contributed by atoms with van der Waals surface area (Å²) in [6, 6.07) is 3.39. The van der Waals surface area contributed by atoms with Crippen molar-refractivity contribution >= 4 is 11.6 Å². The number of nitrogens with one attached hydrogen (secondary N) is 1. The Labute approximate surface area is 115 Å². The molecule has 1 aromatic carbocycles. The Morgan fingerprint density at radius 3 is 2.90 bits per heavy atom. The molecule has 1 unspecified atom stereocenters. The molecule has 0 aliphatic carbocycles. The molecule has 1 heterocycles. The van der Waals surface area contributed by atoms with Gasteiger partial charge in [-0.2, -0.15) is 0 Å². The molecule has 1 atom stereocenters. The minimum absolute atomic E-state index is 0.151. The van der Waals surface area contributed by atoms with Gasteiger partial charge >= 0.3 is 0 Å². The summed E-state index contributed by atoms with van der Waals surface area (Å²) in [4.78, 5) is 22.5. The first-order valence-electron chi connectivity index (χ1n) is 6.29. The van der Waals surface area contributed by atoms with Gasteiger partial charge in [0.2, 0.25) is 0 Å². The molecule has 7 heteroatoms. The molecule has 0 bridgehead atoms. The van der Waals surface area contributed by atoms with Crippen molar-refractivity contribution in [2.75, 3.05) is 13.2 Å². The predicted molar refractivity (Wildman–Crippen MR) is 70.7 cm³/mol. The van der Waals surface area contributed by atoms with Crippen molar-refractivity contribution in [2.24, 2.45) is 0 Å². The number of carbonyl (C=O) groups is 1. The second-order valence-corrected chi connectivity index (χ2v) is 5.13. The van der Waals surface area contributed by atoms with Crippen LogP contribution < -0.4 is 5.32 Å². The maximum atomic E-state index is 12.2. The van der Waals surface area contributed by atoms with Crippen molar-refractivity contribution < 1.29 is 19.6 Å². The van der Waals surface area contributed by atoms with Crippen molar-refractivity contribution in [1.29, 1.82) is 0 Å². The molecule has 108 valence electrons. The SMILES string of the molecule is CC1(NC(=O)c2cc(O)ccc2[N+](=O)[O-])CCCOC1. The third kappa shape index (κ3) is 3.05. The van der Waals surface area contributed by atoms with Gasteiger partial charge in [-0.15, -0.1) is 0 Å². The third-order valence-electron chi connectivity index (χ3n) is 3.27. The zero-order valence-electron chi connectivity index (χ0n) is 11.1. The van der Waals surface area contributed by atoms with Gasteiger partial charge in [0.1, 0.15) is 11.3 Å². The maximum Gasteiger partial charge on any atom is 0.282 e. The van der Waals surface area contributed by atoms with Crippen molar-refractivity contribution in [1.82, 2.24) is 5.32 Å². The number of benzene rings is 1. The molecule has 0 aromatic heterocycles. The zero-order valence-corrected chi connectivity index (χ0v) is 11.1. The fourth-order valence-electron chi connectivity index (χ4n) is 2.24. The van der Waals surface area contributed by atoms with Crippen molar-refractivity contribution in [2.45, 2.75) is 25.3 Å². The number of phenolic OH excluding ortho intramolecular Hbond substituents is 1. The van der Waals surface area contributed by atoms with Crippen LogP contribution in [0.4, 0.5) is 5.69 Å². The normalized spacial score (nSPS) is 22.2. The first-order chi connectivity index (χ1) is 9.41. The Balaban J connectivity index is 2.24. The topological polar surface area (TPSA) is 102 Å². The number of nitro benzene ring substituents is 1. The molecule has 1 aliphatic heterocycles. The lowest BCUT2D eigenvalue weighted by Crippen LogP contribution is -2.51. The Bertz CT molecular complexity index is 538. The van der Waals surface area contributed by atoms with E-state index in [1.54, 1.807) is 0 Å². The summed E-state index contributed by atoms with van der Waals surface area (Å²) in [5.41, 5.74) is -1.03. The molecule has 7 nitrogen and oxygen atoms in total. The van der Waals surface area contributed by atoms with Crippen LogP contribution in [0, 0.1) is 10.1 Å². The molecular weight excluding hydrogens is 264 g/mol. The number of rotatable bonds is 3. The average molecular weight is 280 g/mol. The molecule has 2 rings (SSSR count). The highest BCUT2D eigenvalue weighted by Crippen LogP contribution is 2.25. The highest BCUT2D eigenvalue weighted by molar-refractivity contribution is 5.99. The van der Waals surface area contributed by atoms with E-state index in [1.165, 1.54) is 6.07 Å². The summed E-state index contributed by atoms with van der Waals surface area (Å²) in [6.07, 6.45) is 1.56. The summed E-state index contributed by atoms with van der Waals surface area (Å²) < 4.78 is 5.33. The second-order valence-electron chi connectivity index (χ2n) is 5.13. The number of carbonyl (C=O) groups excluding carboxylic acids is 1. The lowest BCUT2D eigenvalue weighted by Gasteiger charge is -2.34. The number of aromatic hydroxyl groups is 1. The Hall–Kier alpha value is -2.15. The fourth-order valence-corrected chi connectivity index (χ4v) is 2.24. The quantitative estimate of drug-likeness (QED) is 0.646.